The average molecular weight is 875 g/mol. The van der Waals surface area contributed by atoms with Crippen molar-refractivity contribution in [2.45, 2.75) is 99.8 Å². The van der Waals surface area contributed by atoms with E-state index in [1.54, 1.807) is 24.3 Å². The summed E-state index contributed by atoms with van der Waals surface area (Å²) in [7, 11) is 2.81. The molecule has 6 bridgehead atoms. The fourth-order valence-corrected chi connectivity index (χ4v) is 14.4. The van der Waals surface area contributed by atoms with Crippen LogP contribution in [0.1, 0.15) is 83.2 Å². The number of allylic oxidation sites excluding steroid dienone is 6. The summed E-state index contributed by atoms with van der Waals surface area (Å²) in [6.45, 7) is -0.460. The molecule has 4 aliphatic carbocycles. The quantitative estimate of drug-likeness (QED) is 0.179. The Labute approximate surface area is 362 Å². The van der Waals surface area contributed by atoms with Gasteiger partial charge in [-0.3, -0.25) is 9.59 Å². The van der Waals surface area contributed by atoms with Crippen LogP contribution < -0.4 is 15.4 Å². The molecular formula is C46H54N2O11S2. The Balaban J connectivity index is 1.19. The minimum absolute atomic E-state index is 0.0286. The largest absolute Gasteiger partial charge is 0.511 e. The molecule has 13 nitrogen and oxygen atoms in total. The lowest BCUT2D eigenvalue weighted by Crippen LogP contribution is -2.69. The lowest BCUT2D eigenvalue weighted by Gasteiger charge is -2.54. The smallest absolute Gasteiger partial charge is 0.229 e. The summed E-state index contributed by atoms with van der Waals surface area (Å²) < 4.78 is 12.5. The van der Waals surface area contributed by atoms with E-state index in [-0.39, 0.29) is 61.0 Å². The molecule has 2 spiro atoms. The minimum Gasteiger partial charge on any atom is -0.511 e. The Hall–Kier alpha value is -3.64. The van der Waals surface area contributed by atoms with Gasteiger partial charge in [0.05, 0.1) is 36.4 Å². The van der Waals surface area contributed by atoms with Crippen LogP contribution in [0.2, 0.25) is 0 Å². The van der Waals surface area contributed by atoms with Crippen LogP contribution in [-0.2, 0) is 17.8 Å². The Morgan fingerprint density at radius 2 is 1.79 bits per heavy atom. The molecule has 0 unspecified atom stereocenters. The Morgan fingerprint density at radius 3 is 2.59 bits per heavy atom. The summed E-state index contributed by atoms with van der Waals surface area (Å²) in [4.78, 5) is 30.7. The van der Waals surface area contributed by atoms with Crippen molar-refractivity contribution in [3.8, 4) is 5.75 Å². The molecule has 2 aromatic rings. The Kier molecular flexibility index (Phi) is 11.8. The zero-order valence-corrected chi connectivity index (χ0v) is 35.4. The van der Waals surface area contributed by atoms with Crippen LogP contribution in [0, 0.1) is 22.7 Å². The summed E-state index contributed by atoms with van der Waals surface area (Å²) in [5.41, 5.74) is -0.290. The van der Waals surface area contributed by atoms with Crippen LogP contribution in [0.5, 0.6) is 5.75 Å². The van der Waals surface area contributed by atoms with E-state index in [0.29, 0.717) is 30.0 Å². The molecule has 61 heavy (non-hydrogen) atoms. The van der Waals surface area contributed by atoms with Gasteiger partial charge in [-0.15, -0.1) is 0 Å². The molecule has 2 fully saturated rings. The molecule has 0 radical (unpaired) electrons. The van der Waals surface area contributed by atoms with E-state index in [4.69, 9.17) is 9.47 Å². The van der Waals surface area contributed by atoms with Crippen LogP contribution in [0.25, 0.3) is 0 Å². The zero-order chi connectivity index (χ0) is 42.7. The number of Topliss-reactive ketones (excluding diaryl/α,β-unsaturated/α-hetero) is 2. The Bertz CT molecular complexity index is 2210. The van der Waals surface area contributed by atoms with Crippen molar-refractivity contribution in [3.05, 3.63) is 111 Å². The molecule has 1 saturated heterocycles. The highest BCUT2D eigenvalue weighted by molar-refractivity contribution is 8.76. The summed E-state index contributed by atoms with van der Waals surface area (Å²) >= 11 is 0. The number of ether oxygens (including phenoxy) is 2. The number of rotatable bonds is 7. The van der Waals surface area contributed by atoms with Gasteiger partial charge in [0.1, 0.15) is 40.8 Å². The third-order valence-corrected chi connectivity index (χ3v) is 17.1. The second-order valence-corrected chi connectivity index (χ2v) is 20.2. The number of nitrogens with one attached hydrogen (secondary N) is 2. The van der Waals surface area contributed by atoms with E-state index in [9.17, 15) is 35.7 Å². The van der Waals surface area contributed by atoms with Gasteiger partial charge in [-0.2, -0.15) is 0 Å². The van der Waals surface area contributed by atoms with Crippen molar-refractivity contribution in [2.75, 3.05) is 25.6 Å². The molecule has 0 aromatic heterocycles. The molecule has 15 heteroatoms. The summed E-state index contributed by atoms with van der Waals surface area (Å²) in [5, 5.41) is 85.9. The van der Waals surface area contributed by atoms with Crippen LogP contribution in [-0.4, -0.2) is 108 Å². The van der Waals surface area contributed by atoms with Gasteiger partial charge >= 0.3 is 0 Å². The minimum atomic E-state index is -2.22. The molecular weight excluding hydrogens is 821 g/mol. The number of dihydropyridines is 1. The second-order valence-electron chi connectivity index (χ2n) is 17.6. The van der Waals surface area contributed by atoms with Crippen molar-refractivity contribution >= 4 is 33.2 Å². The lowest BCUT2D eigenvalue weighted by molar-refractivity contribution is -0.320. The first-order valence-corrected chi connectivity index (χ1v) is 23.7. The number of carbonyl (C=O) groups excluding carboxylic acids is 2. The van der Waals surface area contributed by atoms with Crippen LogP contribution in [0.15, 0.2) is 89.0 Å². The van der Waals surface area contributed by atoms with E-state index in [1.807, 2.05) is 18.2 Å². The second kappa shape index (κ2) is 16.8. The number of carbonyl (C=O) groups is 2. The van der Waals surface area contributed by atoms with E-state index < -0.39 is 70.4 Å². The maximum Gasteiger partial charge on any atom is 0.229 e. The van der Waals surface area contributed by atoms with Crippen LogP contribution >= 0.6 is 21.6 Å². The van der Waals surface area contributed by atoms with Gasteiger partial charge in [0, 0.05) is 29.4 Å². The standard InChI is InChI=1S/C46H54N2O11S2/c49-14-4-10-36-46-32(17-27(18-35(46)52)16-25-5-1-6-26(15-25)21-50)39(53)30-8-2-9-33(38(30)41(46)55)58-43-42(56)45(57,40(54)34(22-51)59-43)23-44-13-3-7-29(44)12-11-28-20-47-37(19-31(28)44)48-24-60-61-36/h1-2,5-6,8-9,15,17-19,29,32,34,36,40,42-43,47-52,54,56-57H,3-4,7,10-14,16,20-24H2/t29-,32-,34-,36+,40-,42+,43-,44-,45+,46+/m1/s1. The van der Waals surface area contributed by atoms with Gasteiger partial charge < -0.3 is 55.9 Å². The van der Waals surface area contributed by atoms with Crippen molar-refractivity contribution in [1.29, 1.82) is 0 Å². The number of fused-ring (bicyclic) bond motifs is 2. The summed E-state index contributed by atoms with van der Waals surface area (Å²) in [6.07, 6.45) is 3.93. The lowest BCUT2D eigenvalue weighted by atomic mass is 9.57. The average Bonchev–Trinajstić information content (AvgIpc) is 3.69. The van der Waals surface area contributed by atoms with E-state index in [1.165, 1.54) is 39.3 Å². The predicted molar refractivity (Wildman–Crippen MR) is 229 cm³/mol. The fraction of sp³-hybridized carbons (Fsp3) is 0.522. The predicted octanol–water partition coefficient (Wildman–Crippen LogP) is 4.13. The van der Waals surface area contributed by atoms with Gasteiger partial charge in [0.2, 0.25) is 6.29 Å². The highest BCUT2D eigenvalue weighted by Crippen LogP contribution is 2.61. The number of aliphatic hydroxyl groups excluding tert-OH is 6. The molecule has 9 rings (SSSR count). The van der Waals surface area contributed by atoms with E-state index in [0.717, 1.165) is 49.1 Å². The third-order valence-electron chi connectivity index (χ3n) is 14.4. The molecule has 2 aromatic carbocycles. The maximum absolute atomic E-state index is 15.7. The zero-order valence-electron chi connectivity index (χ0n) is 33.8. The van der Waals surface area contributed by atoms with Crippen molar-refractivity contribution in [1.82, 2.24) is 10.6 Å². The van der Waals surface area contributed by atoms with E-state index in [2.05, 4.69) is 16.7 Å². The summed E-state index contributed by atoms with van der Waals surface area (Å²) in [6, 6.07) is 11.9. The first-order valence-electron chi connectivity index (χ1n) is 21.3. The molecule has 1 saturated carbocycles. The maximum atomic E-state index is 15.7. The molecule has 3 aliphatic heterocycles. The number of hydrogen-bond acceptors (Lipinski definition) is 15. The molecule has 326 valence electrons. The topological polar surface area (TPSA) is 218 Å². The van der Waals surface area contributed by atoms with Crippen LogP contribution in [0.4, 0.5) is 0 Å². The molecule has 3 heterocycles. The number of aliphatic hydroxyl groups is 7. The number of benzene rings is 2. The van der Waals surface area contributed by atoms with Crippen molar-refractivity contribution < 1.29 is 54.8 Å². The van der Waals surface area contributed by atoms with E-state index >= 15 is 9.59 Å². The highest BCUT2D eigenvalue weighted by atomic mass is 33.1. The van der Waals surface area contributed by atoms with Crippen molar-refractivity contribution in [3.63, 3.8) is 0 Å². The highest BCUT2D eigenvalue weighted by Gasteiger charge is 2.64. The SMILES string of the molecule is O=C1c2cccc3c2C(=O)[C@@]2(C(O)=CC(Cc4cccc(CO)c4)=C[C@H]12)[C@H](CCCO)SSCNC1=CC2=C(CC[C@H]4CCC[C@]24C[C@]2(O)[C@H](O)[C@@H](CO)O[C@@H](O3)[C@@H]2O)CN1. The number of hydrogen-bond donors (Lipinski definition) is 9. The van der Waals surface area contributed by atoms with Crippen molar-refractivity contribution in [2.24, 2.45) is 22.7 Å². The molecule has 10 atom stereocenters. The third kappa shape index (κ3) is 6.99. The monoisotopic (exact) mass is 874 g/mol. The van der Waals surface area contributed by atoms with Gasteiger partial charge in [0.15, 0.2) is 11.6 Å². The summed E-state index contributed by atoms with van der Waals surface area (Å²) in [5.74, 6) is -1.29. The first kappa shape index (κ1) is 42.7. The fourth-order valence-electron chi connectivity index (χ4n) is 11.5. The van der Waals surface area contributed by atoms with Gasteiger partial charge in [-0.05, 0) is 103 Å². The van der Waals surface area contributed by atoms with Gasteiger partial charge in [-0.25, -0.2) is 0 Å². The Morgan fingerprint density at radius 1 is 0.967 bits per heavy atom. The molecule has 9 N–H and O–H groups in total. The normalized spacial score (nSPS) is 35.8. The molecule has 7 aliphatic rings. The molecule has 0 amide bonds. The number of ketones is 2. The van der Waals surface area contributed by atoms with Gasteiger partial charge in [0.25, 0.3) is 0 Å². The first-order chi connectivity index (χ1) is 29.5. The van der Waals surface area contributed by atoms with Gasteiger partial charge in [-0.1, -0.05) is 70.5 Å². The van der Waals surface area contributed by atoms with Crippen LogP contribution in [0.3, 0.4) is 0 Å².